The van der Waals surface area contributed by atoms with Crippen molar-refractivity contribution in [3.05, 3.63) is 15.3 Å². The molecule has 0 amide bonds. The highest BCUT2D eigenvalue weighted by atomic mass is 35.5. The zero-order chi connectivity index (χ0) is 8.43. The molecule has 0 bridgehead atoms. The lowest BCUT2D eigenvalue weighted by atomic mass is 10.3. The summed E-state index contributed by atoms with van der Waals surface area (Å²) >= 11 is 6.87. The van der Waals surface area contributed by atoms with Crippen LogP contribution in [-0.4, -0.2) is 11.1 Å². The Labute approximate surface area is 72.4 Å². The van der Waals surface area contributed by atoms with Crippen LogP contribution in [0.4, 0.5) is 5.69 Å². The molecule has 1 aromatic heterocycles. The first-order valence-electron chi connectivity index (χ1n) is 2.84. The predicted octanol–water partition coefficient (Wildman–Crippen LogP) is 1.61. The van der Waals surface area contributed by atoms with Gasteiger partial charge in [0, 0.05) is 10.3 Å². The Balaban J connectivity index is 2.87. The van der Waals surface area contributed by atoms with Crippen molar-refractivity contribution in [2.24, 2.45) is 0 Å². The first kappa shape index (κ1) is 8.36. The molecule has 60 valence electrons. The number of carboxylic acids is 1. The number of hydrogen-bond acceptors (Lipinski definition) is 3. The number of rotatable bonds is 2. The van der Waals surface area contributed by atoms with Crippen LogP contribution in [0.3, 0.4) is 0 Å². The second kappa shape index (κ2) is 3.11. The molecule has 0 saturated carbocycles. The second-order valence-electron chi connectivity index (χ2n) is 1.99. The Hall–Kier alpha value is -0.740. The topological polar surface area (TPSA) is 63.3 Å². The molecule has 0 spiro atoms. The largest absolute Gasteiger partial charge is 0.481 e. The molecule has 0 fully saturated rings. The third-order valence-corrected chi connectivity index (χ3v) is 2.62. The lowest BCUT2D eigenvalue weighted by molar-refractivity contribution is -0.136. The van der Waals surface area contributed by atoms with Crippen LogP contribution in [-0.2, 0) is 11.2 Å². The number of hydrogen-bond donors (Lipinski definition) is 2. The number of thiophene rings is 1. The maximum absolute atomic E-state index is 10.2. The number of halogens is 1. The summed E-state index contributed by atoms with van der Waals surface area (Å²) in [4.78, 5) is 10.9. The summed E-state index contributed by atoms with van der Waals surface area (Å²) in [5.41, 5.74) is 5.85. The Kier molecular flexibility index (Phi) is 2.36. The molecule has 1 heterocycles. The van der Waals surface area contributed by atoms with Crippen molar-refractivity contribution >= 4 is 34.6 Å². The van der Waals surface area contributed by atoms with Crippen LogP contribution in [0, 0.1) is 0 Å². The molecule has 3 N–H and O–H groups in total. The van der Waals surface area contributed by atoms with Gasteiger partial charge in [0.2, 0.25) is 0 Å². The average Bonchev–Trinajstić information content (AvgIpc) is 2.18. The molecule has 5 heteroatoms. The van der Waals surface area contributed by atoms with Crippen LogP contribution in [0.5, 0.6) is 0 Å². The minimum atomic E-state index is -0.893. The van der Waals surface area contributed by atoms with Crippen molar-refractivity contribution in [3.63, 3.8) is 0 Å². The van der Waals surface area contributed by atoms with Crippen molar-refractivity contribution in [3.8, 4) is 0 Å². The van der Waals surface area contributed by atoms with Crippen molar-refractivity contribution in [2.45, 2.75) is 6.42 Å². The van der Waals surface area contributed by atoms with E-state index in [4.69, 9.17) is 22.4 Å². The summed E-state index contributed by atoms with van der Waals surface area (Å²) < 4.78 is 0. The fraction of sp³-hybridized carbons (Fsp3) is 0.167. The Morgan fingerprint density at radius 2 is 2.45 bits per heavy atom. The summed E-state index contributed by atoms with van der Waals surface area (Å²) in [7, 11) is 0. The van der Waals surface area contributed by atoms with Crippen LogP contribution >= 0.6 is 22.9 Å². The number of anilines is 1. The second-order valence-corrected chi connectivity index (χ2v) is 3.36. The van der Waals surface area contributed by atoms with Gasteiger partial charge in [0.1, 0.15) is 0 Å². The first-order valence-corrected chi connectivity index (χ1v) is 4.10. The normalized spacial score (nSPS) is 9.91. The van der Waals surface area contributed by atoms with Gasteiger partial charge in [0.15, 0.2) is 0 Å². The summed E-state index contributed by atoms with van der Waals surface area (Å²) in [6.07, 6.45) is -0.0524. The van der Waals surface area contributed by atoms with E-state index in [0.29, 0.717) is 15.6 Å². The Morgan fingerprint density at radius 3 is 2.82 bits per heavy atom. The summed E-state index contributed by atoms with van der Waals surface area (Å²) in [5, 5.41) is 10.5. The number of carbonyl (C=O) groups is 1. The van der Waals surface area contributed by atoms with Gasteiger partial charge in [-0.2, -0.15) is 0 Å². The van der Waals surface area contributed by atoms with Crippen LogP contribution < -0.4 is 5.73 Å². The SMILES string of the molecule is Nc1c(Cl)csc1CC(=O)O. The molecule has 0 saturated heterocycles. The molecular weight excluding hydrogens is 186 g/mol. The highest BCUT2D eigenvalue weighted by molar-refractivity contribution is 7.11. The summed E-state index contributed by atoms with van der Waals surface area (Å²) in [5.74, 6) is -0.893. The lowest BCUT2D eigenvalue weighted by Crippen LogP contribution is -2.00. The number of nitrogens with two attached hydrogens (primary N) is 1. The smallest absolute Gasteiger partial charge is 0.308 e. The minimum absolute atomic E-state index is 0.0524. The molecular formula is C6H6ClNO2S. The third kappa shape index (κ3) is 1.85. The number of carboxylic acid groups (broad SMARTS) is 1. The molecule has 3 nitrogen and oxygen atoms in total. The monoisotopic (exact) mass is 191 g/mol. The molecule has 0 atom stereocenters. The minimum Gasteiger partial charge on any atom is -0.481 e. The maximum atomic E-state index is 10.2. The standard InChI is InChI=1S/C6H6ClNO2S/c7-3-2-11-4(6(3)8)1-5(9)10/h2H,1,8H2,(H,9,10). The van der Waals surface area contributed by atoms with Gasteiger partial charge in [-0.05, 0) is 0 Å². The van der Waals surface area contributed by atoms with Crippen LogP contribution in [0.25, 0.3) is 0 Å². The predicted molar refractivity (Wildman–Crippen MR) is 45.1 cm³/mol. The van der Waals surface area contributed by atoms with Crippen molar-refractivity contribution < 1.29 is 9.90 Å². The Morgan fingerprint density at radius 1 is 1.82 bits per heavy atom. The molecule has 0 aromatic carbocycles. The van der Waals surface area contributed by atoms with Gasteiger partial charge in [-0.1, -0.05) is 11.6 Å². The fourth-order valence-electron chi connectivity index (χ4n) is 0.657. The van der Waals surface area contributed by atoms with E-state index in [0.717, 1.165) is 0 Å². The van der Waals surface area contributed by atoms with E-state index in [1.54, 1.807) is 5.38 Å². The highest BCUT2D eigenvalue weighted by Crippen LogP contribution is 2.29. The lowest BCUT2D eigenvalue weighted by Gasteiger charge is -1.92. The van der Waals surface area contributed by atoms with Crippen LogP contribution in [0.1, 0.15) is 4.88 Å². The van der Waals surface area contributed by atoms with E-state index in [1.807, 2.05) is 0 Å². The quantitative estimate of drug-likeness (QED) is 0.747. The highest BCUT2D eigenvalue weighted by Gasteiger charge is 2.09. The van der Waals surface area contributed by atoms with Gasteiger partial charge < -0.3 is 10.8 Å². The average molecular weight is 192 g/mol. The van der Waals surface area contributed by atoms with E-state index in [2.05, 4.69) is 0 Å². The van der Waals surface area contributed by atoms with Gasteiger partial charge in [0.25, 0.3) is 0 Å². The fourth-order valence-corrected chi connectivity index (χ4v) is 1.78. The van der Waals surface area contributed by atoms with Crippen LogP contribution in [0.2, 0.25) is 5.02 Å². The van der Waals surface area contributed by atoms with Crippen molar-refractivity contribution in [1.29, 1.82) is 0 Å². The third-order valence-electron chi connectivity index (χ3n) is 1.17. The molecule has 11 heavy (non-hydrogen) atoms. The molecule has 0 aliphatic rings. The van der Waals surface area contributed by atoms with Gasteiger partial charge in [-0.25, -0.2) is 0 Å². The van der Waals surface area contributed by atoms with E-state index in [9.17, 15) is 4.79 Å². The first-order chi connectivity index (χ1) is 5.11. The van der Waals surface area contributed by atoms with Gasteiger partial charge in [-0.15, -0.1) is 11.3 Å². The summed E-state index contributed by atoms with van der Waals surface area (Å²) in [6.45, 7) is 0. The Bertz CT molecular complexity index is 284. The molecule has 0 aliphatic heterocycles. The van der Waals surface area contributed by atoms with Gasteiger partial charge in [0.05, 0.1) is 17.1 Å². The van der Waals surface area contributed by atoms with Gasteiger partial charge in [-0.3, -0.25) is 4.79 Å². The molecule has 0 unspecified atom stereocenters. The molecule has 1 rings (SSSR count). The van der Waals surface area contributed by atoms with E-state index in [-0.39, 0.29) is 6.42 Å². The van der Waals surface area contributed by atoms with E-state index < -0.39 is 5.97 Å². The number of aliphatic carboxylic acids is 1. The van der Waals surface area contributed by atoms with E-state index in [1.165, 1.54) is 11.3 Å². The van der Waals surface area contributed by atoms with Gasteiger partial charge >= 0.3 is 5.97 Å². The summed E-state index contributed by atoms with van der Waals surface area (Å²) in [6, 6.07) is 0. The molecule has 0 radical (unpaired) electrons. The van der Waals surface area contributed by atoms with E-state index >= 15 is 0 Å². The maximum Gasteiger partial charge on any atom is 0.308 e. The molecule has 0 aliphatic carbocycles. The molecule has 1 aromatic rings. The van der Waals surface area contributed by atoms with Crippen molar-refractivity contribution in [1.82, 2.24) is 0 Å². The van der Waals surface area contributed by atoms with Crippen molar-refractivity contribution in [2.75, 3.05) is 5.73 Å². The zero-order valence-corrected chi connectivity index (χ0v) is 7.08. The zero-order valence-electron chi connectivity index (χ0n) is 5.50. The number of nitrogen functional groups attached to an aromatic ring is 1. The van der Waals surface area contributed by atoms with Crippen LogP contribution in [0.15, 0.2) is 5.38 Å².